The first-order chi connectivity index (χ1) is 11.7. The van der Waals surface area contributed by atoms with Gasteiger partial charge in [0.1, 0.15) is 0 Å². The monoisotopic (exact) mass is 326 g/mol. The van der Waals surface area contributed by atoms with Crippen molar-refractivity contribution in [2.24, 2.45) is 0 Å². The van der Waals surface area contributed by atoms with Crippen molar-refractivity contribution in [3.63, 3.8) is 0 Å². The maximum Gasteiger partial charge on any atom is 0.246 e. The van der Waals surface area contributed by atoms with Crippen molar-refractivity contribution in [1.82, 2.24) is 15.0 Å². The molecule has 24 heavy (non-hydrogen) atoms. The van der Waals surface area contributed by atoms with Gasteiger partial charge in [-0.3, -0.25) is 4.79 Å². The SMILES string of the molecule is Cc1noc(CN2CC(CCN3CCCC3=O)c3ccccc32)n1. The summed E-state index contributed by atoms with van der Waals surface area (Å²) in [6, 6.07) is 8.51. The van der Waals surface area contributed by atoms with E-state index in [0.717, 1.165) is 32.5 Å². The molecule has 2 aliphatic heterocycles. The van der Waals surface area contributed by atoms with Crippen LogP contribution in [0.3, 0.4) is 0 Å². The van der Waals surface area contributed by atoms with Gasteiger partial charge in [0, 0.05) is 37.7 Å². The molecular weight excluding hydrogens is 304 g/mol. The molecule has 6 heteroatoms. The number of anilines is 1. The van der Waals surface area contributed by atoms with Gasteiger partial charge in [-0.15, -0.1) is 0 Å². The number of hydrogen-bond acceptors (Lipinski definition) is 5. The number of carbonyl (C=O) groups excluding carboxylic acids is 1. The maximum absolute atomic E-state index is 11.8. The van der Waals surface area contributed by atoms with Crippen LogP contribution in [0, 0.1) is 6.92 Å². The molecule has 0 radical (unpaired) electrons. The van der Waals surface area contributed by atoms with Gasteiger partial charge in [-0.05, 0) is 31.4 Å². The number of fused-ring (bicyclic) bond motifs is 1. The highest BCUT2D eigenvalue weighted by atomic mass is 16.5. The minimum atomic E-state index is 0.305. The molecule has 1 aromatic carbocycles. The van der Waals surface area contributed by atoms with E-state index in [4.69, 9.17) is 4.52 Å². The van der Waals surface area contributed by atoms with Gasteiger partial charge in [-0.25, -0.2) is 0 Å². The Kier molecular flexibility index (Phi) is 3.96. The summed E-state index contributed by atoms with van der Waals surface area (Å²) < 4.78 is 5.28. The van der Waals surface area contributed by atoms with Crippen molar-refractivity contribution < 1.29 is 9.32 Å². The second kappa shape index (κ2) is 6.26. The van der Waals surface area contributed by atoms with Crippen LogP contribution in [0.4, 0.5) is 5.69 Å². The van der Waals surface area contributed by atoms with Gasteiger partial charge in [0.05, 0.1) is 6.54 Å². The van der Waals surface area contributed by atoms with E-state index < -0.39 is 0 Å². The van der Waals surface area contributed by atoms with Crippen LogP contribution < -0.4 is 4.90 Å². The lowest BCUT2D eigenvalue weighted by molar-refractivity contribution is -0.127. The fourth-order valence-electron chi connectivity index (χ4n) is 3.80. The third kappa shape index (κ3) is 2.88. The zero-order valence-electron chi connectivity index (χ0n) is 13.9. The molecule has 0 aliphatic carbocycles. The van der Waals surface area contributed by atoms with Crippen molar-refractivity contribution in [3.05, 3.63) is 41.5 Å². The number of nitrogens with zero attached hydrogens (tertiary/aromatic N) is 4. The standard InChI is InChI=1S/C18H22N4O2/c1-13-19-17(24-20-13)12-22-11-14(15-5-2-3-6-16(15)22)8-10-21-9-4-7-18(21)23/h2-3,5-6,14H,4,7-12H2,1H3. The summed E-state index contributed by atoms with van der Waals surface area (Å²) in [6.07, 6.45) is 2.72. The lowest BCUT2D eigenvalue weighted by Crippen LogP contribution is -2.28. The number of aromatic nitrogens is 2. The number of hydrogen-bond donors (Lipinski definition) is 0. The Morgan fingerprint density at radius 1 is 1.29 bits per heavy atom. The molecule has 0 saturated carbocycles. The van der Waals surface area contributed by atoms with Crippen molar-refractivity contribution in [3.8, 4) is 0 Å². The molecule has 1 fully saturated rings. The van der Waals surface area contributed by atoms with E-state index in [2.05, 4.69) is 39.3 Å². The second-order valence-corrected chi connectivity index (χ2v) is 6.64. The third-order valence-corrected chi connectivity index (χ3v) is 4.97. The van der Waals surface area contributed by atoms with E-state index in [0.29, 0.717) is 36.5 Å². The summed E-state index contributed by atoms with van der Waals surface area (Å²) in [5, 5.41) is 3.87. The number of amides is 1. The number of para-hydroxylation sites is 1. The minimum absolute atomic E-state index is 0.305. The Labute approximate surface area is 141 Å². The normalized spacial score (nSPS) is 20.0. The van der Waals surface area contributed by atoms with Crippen molar-refractivity contribution in [2.75, 3.05) is 24.5 Å². The molecule has 0 bridgehead atoms. The zero-order chi connectivity index (χ0) is 16.5. The first-order valence-corrected chi connectivity index (χ1v) is 8.61. The molecule has 3 heterocycles. The number of rotatable bonds is 5. The third-order valence-electron chi connectivity index (χ3n) is 4.97. The average Bonchev–Trinajstić information content (AvgIpc) is 3.27. The van der Waals surface area contributed by atoms with E-state index in [1.165, 1.54) is 11.3 Å². The van der Waals surface area contributed by atoms with Gasteiger partial charge < -0.3 is 14.3 Å². The highest BCUT2D eigenvalue weighted by molar-refractivity contribution is 5.78. The predicted molar refractivity (Wildman–Crippen MR) is 89.7 cm³/mol. The minimum Gasteiger partial charge on any atom is -0.361 e. The molecule has 1 atom stereocenters. The van der Waals surface area contributed by atoms with E-state index in [-0.39, 0.29) is 0 Å². The summed E-state index contributed by atoms with van der Waals surface area (Å²) in [5.41, 5.74) is 2.60. The molecule has 2 aliphatic rings. The smallest absolute Gasteiger partial charge is 0.246 e. The van der Waals surface area contributed by atoms with E-state index in [1.54, 1.807) is 0 Å². The molecule has 2 aromatic rings. The molecular formula is C18H22N4O2. The molecule has 4 rings (SSSR count). The molecule has 126 valence electrons. The highest BCUT2D eigenvalue weighted by Crippen LogP contribution is 2.38. The van der Waals surface area contributed by atoms with E-state index >= 15 is 0 Å². The maximum atomic E-state index is 11.8. The summed E-state index contributed by atoms with van der Waals surface area (Å²) in [4.78, 5) is 20.5. The van der Waals surface area contributed by atoms with E-state index in [9.17, 15) is 4.79 Å². The van der Waals surface area contributed by atoms with Crippen LogP contribution in [0.1, 0.15) is 42.5 Å². The number of likely N-dealkylation sites (tertiary alicyclic amines) is 1. The predicted octanol–water partition coefficient (Wildman–Crippen LogP) is 2.49. The molecule has 1 aromatic heterocycles. The lowest BCUT2D eigenvalue weighted by Gasteiger charge is -2.20. The van der Waals surface area contributed by atoms with Crippen molar-refractivity contribution >= 4 is 11.6 Å². The Hall–Kier alpha value is -2.37. The van der Waals surface area contributed by atoms with Crippen LogP contribution in [0.5, 0.6) is 0 Å². The van der Waals surface area contributed by atoms with Gasteiger partial charge in [0.15, 0.2) is 5.82 Å². The van der Waals surface area contributed by atoms with Gasteiger partial charge >= 0.3 is 0 Å². The second-order valence-electron chi connectivity index (χ2n) is 6.64. The topological polar surface area (TPSA) is 62.5 Å². The molecule has 1 saturated heterocycles. The Morgan fingerprint density at radius 3 is 2.92 bits per heavy atom. The van der Waals surface area contributed by atoms with Crippen molar-refractivity contribution in [1.29, 1.82) is 0 Å². The van der Waals surface area contributed by atoms with Crippen LogP contribution >= 0.6 is 0 Å². The Morgan fingerprint density at radius 2 is 2.17 bits per heavy atom. The molecule has 0 N–H and O–H groups in total. The van der Waals surface area contributed by atoms with Gasteiger partial charge in [0.2, 0.25) is 11.8 Å². The summed E-state index contributed by atoms with van der Waals surface area (Å²) in [7, 11) is 0. The van der Waals surface area contributed by atoms with Crippen LogP contribution in [-0.2, 0) is 11.3 Å². The fraction of sp³-hybridized carbons (Fsp3) is 0.500. The largest absolute Gasteiger partial charge is 0.361 e. The summed E-state index contributed by atoms with van der Waals surface area (Å²) >= 11 is 0. The zero-order valence-corrected chi connectivity index (χ0v) is 13.9. The molecule has 6 nitrogen and oxygen atoms in total. The molecule has 1 amide bonds. The van der Waals surface area contributed by atoms with Crippen LogP contribution in [-0.4, -0.2) is 40.6 Å². The van der Waals surface area contributed by atoms with Gasteiger partial charge in [0.25, 0.3) is 0 Å². The van der Waals surface area contributed by atoms with E-state index in [1.807, 2.05) is 11.8 Å². The van der Waals surface area contributed by atoms with Crippen LogP contribution in [0.15, 0.2) is 28.8 Å². The first kappa shape index (κ1) is 15.2. The summed E-state index contributed by atoms with van der Waals surface area (Å²) in [5.74, 6) is 2.07. The fourth-order valence-corrected chi connectivity index (χ4v) is 3.80. The first-order valence-electron chi connectivity index (χ1n) is 8.61. The number of benzene rings is 1. The molecule has 1 unspecified atom stereocenters. The van der Waals surface area contributed by atoms with Gasteiger partial charge in [-0.1, -0.05) is 23.4 Å². The number of aryl methyl sites for hydroxylation is 1. The Bertz CT molecular complexity index is 742. The lowest BCUT2D eigenvalue weighted by atomic mass is 9.98. The highest BCUT2D eigenvalue weighted by Gasteiger charge is 2.30. The van der Waals surface area contributed by atoms with Crippen molar-refractivity contribution in [2.45, 2.75) is 38.6 Å². The number of carbonyl (C=O) groups is 1. The molecule has 0 spiro atoms. The Balaban J connectivity index is 1.47. The summed E-state index contributed by atoms with van der Waals surface area (Å²) in [6.45, 7) is 5.17. The van der Waals surface area contributed by atoms with Gasteiger partial charge in [-0.2, -0.15) is 4.98 Å². The average molecular weight is 326 g/mol. The van der Waals surface area contributed by atoms with Crippen LogP contribution in [0.25, 0.3) is 0 Å². The van der Waals surface area contributed by atoms with Crippen LogP contribution in [0.2, 0.25) is 0 Å². The quantitative estimate of drug-likeness (QED) is 0.845.